The second-order valence-corrected chi connectivity index (χ2v) is 6.20. The first kappa shape index (κ1) is 14.3. The van der Waals surface area contributed by atoms with E-state index in [1.165, 1.54) is 64.6 Å². The summed E-state index contributed by atoms with van der Waals surface area (Å²) in [6.07, 6.45) is 10.5. The van der Waals surface area contributed by atoms with Crippen molar-refractivity contribution in [1.82, 2.24) is 10.2 Å². The molecule has 1 saturated carbocycles. The number of aliphatic hydroxyl groups excluding tert-OH is 1. The molecule has 1 heterocycles. The smallest absolute Gasteiger partial charge is 0.0615 e. The van der Waals surface area contributed by atoms with E-state index in [0.717, 1.165) is 6.42 Å². The first-order valence-corrected chi connectivity index (χ1v) is 7.83. The molecule has 3 heteroatoms. The highest BCUT2D eigenvalue weighted by atomic mass is 16.3. The van der Waals surface area contributed by atoms with E-state index >= 15 is 0 Å². The standard InChI is InChI=1S/C15H30N2O/c1-16-15(13-18)9-6-7-14(15)8-12-17-10-4-2-3-5-11-17/h14,16,18H,2-13H2,1H3. The maximum atomic E-state index is 9.69. The third kappa shape index (κ3) is 3.25. The number of likely N-dealkylation sites (tertiary alicyclic amines) is 1. The molecule has 0 radical (unpaired) electrons. The maximum Gasteiger partial charge on any atom is 0.0615 e. The molecule has 2 atom stereocenters. The largest absolute Gasteiger partial charge is 0.394 e. The number of nitrogens with one attached hydrogen (secondary N) is 1. The summed E-state index contributed by atoms with van der Waals surface area (Å²) in [7, 11) is 2.01. The predicted molar refractivity (Wildman–Crippen MR) is 75.7 cm³/mol. The minimum atomic E-state index is 0.0197. The van der Waals surface area contributed by atoms with Crippen LogP contribution in [0, 0.1) is 5.92 Å². The van der Waals surface area contributed by atoms with Crippen LogP contribution in [0.3, 0.4) is 0 Å². The molecule has 1 saturated heterocycles. The highest BCUT2D eigenvalue weighted by Gasteiger charge is 2.40. The lowest BCUT2D eigenvalue weighted by Gasteiger charge is -2.35. The van der Waals surface area contributed by atoms with Crippen LogP contribution in [0.5, 0.6) is 0 Å². The van der Waals surface area contributed by atoms with E-state index in [4.69, 9.17) is 0 Å². The van der Waals surface area contributed by atoms with Crippen molar-refractivity contribution in [3.63, 3.8) is 0 Å². The van der Waals surface area contributed by atoms with Crippen molar-refractivity contribution in [3.05, 3.63) is 0 Å². The summed E-state index contributed by atoms with van der Waals surface area (Å²) in [6, 6.07) is 0. The highest BCUT2D eigenvalue weighted by Crippen LogP contribution is 2.37. The topological polar surface area (TPSA) is 35.5 Å². The van der Waals surface area contributed by atoms with Crippen LogP contribution >= 0.6 is 0 Å². The van der Waals surface area contributed by atoms with E-state index in [0.29, 0.717) is 12.5 Å². The van der Waals surface area contributed by atoms with Crippen molar-refractivity contribution in [2.75, 3.05) is 33.3 Å². The zero-order chi connectivity index (χ0) is 12.8. The Morgan fingerprint density at radius 1 is 1.17 bits per heavy atom. The van der Waals surface area contributed by atoms with Gasteiger partial charge in [-0.2, -0.15) is 0 Å². The van der Waals surface area contributed by atoms with Gasteiger partial charge in [0.1, 0.15) is 0 Å². The van der Waals surface area contributed by atoms with Gasteiger partial charge in [0, 0.05) is 5.54 Å². The van der Waals surface area contributed by atoms with Crippen molar-refractivity contribution < 1.29 is 5.11 Å². The van der Waals surface area contributed by atoms with Crippen LogP contribution in [0.2, 0.25) is 0 Å². The number of aliphatic hydroxyl groups is 1. The molecule has 18 heavy (non-hydrogen) atoms. The first-order valence-electron chi connectivity index (χ1n) is 7.83. The van der Waals surface area contributed by atoms with Gasteiger partial charge in [0.2, 0.25) is 0 Å². The van der Waals surface area contributed by atoms with E-state index in [-0.39, 0.29) is 5.54 Å². The molecule has 2 unspecified atom stereocenters. The summed E-state index contributed by atoms with van der Waals surface area (Å²) in [4.78, 5) is 2.64. The van der Waals surface area contributed by atoms with Crippen LogP contribution in [0.25, 0.3) is 0 Å². The third-order valence-corrected chi connectivity index (χ3v) is 5.23. The van der Waals surface area contributed by atoms with Gasteiger partial charge in [-0.15, -0.1) is 0 Å². The lowest BCUT2D eigenvalue weighted by Crippen LogP contribution is -2.50. The first-order chi connectivity index (χ1) is 8.80. The molecule has 2 fully saturated rings. The molecule has 2 rings (SSSR count). The molecule has 0 amide bonds. The van der Waals surface area contributed by atoms with Gasteiger partial charge in [0.15, 0.2) is 0 Å². The molecule has 0 aromatic heterocycles. The van der Waals surface area contributed by atoms with E-state index < -0.39 is 0 Å². The van der Waals surface area contributed by atoms with Crippen LogP contribution in [-0.4, -0.2) is 48.8 Å². The van der Waals surface area contributed by atoms with Crippen molar-refractivity contribution in [1.29, 1.82) is 0 Å². The third-order valence-electron chi connectivity index (χ3n) is 5.23. The Morgan fingerprint density at radius 2 is 1.89 bits per heavy atom. The number of rotatable bonds is 5. The van der Waals surface area contributed by atoms with Gasteiger partial charge in [0.05, 0.1) is 6.61 Å². The molecule has 2 aliphatic rings. The molecular weight excluding hydrogens is 224 g/mol. The number of hydrogen-bond donors (Lipinski definition) is 2. The van der Waals surface area contributed by atoms with Crippen LogP contribution < -0.4 is 5.32 Å². The summed E-state index contributed by atoms with van der Waals surface area (Å²) in [5.74, 6) is 0.663. The summed E-state index contributed by atoms with van der Waals surface area (Å²) >= 11 is 0. The molecular formula is C15H30N2O. The van der Waals surface area contributed by atoms with Gasteiger partial charge >= 0.3 is 0 Å². The molecule has 0 aromatic carbocycles. The van der Waals surface area contributed by atoms with Gasteiger partial charge < -0.3 is 15.3 Å². The van der Waals surface area contributed by atoms with E-state index in [1.807, 2.05) is 7.05 Å². The molecule has 106 valence electrons. The van der Waals surface area contributed by atoms with Crippen molar-refractivity contribution in [2.24, 2.45) is 5.92 Å². The SMILES string of the molecule is CNC1(CO)CCCC1CCN1CCCCCC1. The monoisotopic (exact) mass is 254 g/mol. The van der Waals surface area contributed by atoms with E-state index in [9.17, 15) is 5.11 Å². The van der Waals surface area contributed by atoms with Gasteiger partial charge in [-0.25, -0.2) is 0 Å². The fourth-order valence-corrected chi connectivity index (χ4v) is 3.88. The number of hydrogen-bond acceptors (Lipinski definition) is 3. The molecule has 0 spiro atoms. The lowest BCUT2D eigenvalue weighted by molar-refractivity contribution is 0.118. The van der Waals surface area contributed by atoms with Crippen LogP contribution in [-0.2, 0) is 0 Å². The molecule has 2 N–H and O–H groups in total. The summed E-state index contributed by atoms with van der Waals surface area (Å²) < 4.78 is 0. The van der Waals surface area contributed by atoms with E-state index in [1.54, 1.807) is 0 Å². The number of nitrogens with zero attached hydrogens (tertiary/aromatic N) is 1. The highest BCUT2D eigenvalue weighted by molar-refractivity contribution is 4.98. The van der Waals surface area contributed by atoms with E-state index in [2.05, 4.69) is 10.2 Å². The maximum absolute atomic E-state index is 9.69. The zero-order valence-corrected chi connectivity index (χ0v) is 12.0. The molecule has 1 aliphatic carbocycles. The Labute approximate surface area is 112 Å². The summed E-state index contributed by atoms with van der Waals surface area (Å²) in [6.45, 7) is 4.11. The molecule has 1 aliphatic heterocycles. The van der Waals surface area contributed by atoms with Crippen molar-refractivity contribution >= 4 is 0 Å². The lowest BCUT2D eigenvalue weighted by atomic mass is 9.85. The van der Waals surface area contributed by atoms with Gasteiger partial charge in [-0.05, 0) is 64.7 Å². The average Bonchev–Trinajstić information content (AvgIpc) is 2.63. The quantitative estimate of drug-likeness (QED) is 0.788. The fourth-order valence-electron chi connectivity index (χ4n) is 3.88. The molecule has 0 bridgehead atoms. The minimum Gasteiger partial charge on any atom is -0.394 e. The van der Waals surface area contributed by atoms with Gasteiger partial charge in [0.25, 0.3) is 0 Å². The predicted octanol–water partition coefficient (Wildman–Crippen LogP) is 2.00. The average molecular weight is 254 g/mol. The Bertz CT molecular complexity index is 233. The summed E-state index contributed by atoms with van der Waals surface area (Å²) in [5, 5.41) is 13.1. The minimum absolute atomic E-state index is 0.0197. The normalized spacial score (nSPS) is 34.7. The Balaban J connectivity index is 1.81. The second-order valence-electron chi connectivity index (χ2n) is 6.20. The van der Waals surface area contributed by atoms with Crippen molar-refractivity contribution in [3.8, 4) is 0 Å². The zero-order valence-electron chi connectivity index (χ0n) is 12.0. The second kappa shape index (κ2) is 6.88. The Morgan fingerprint density at radius 3 is 2.50 bits per heavy atom. The summed E-state index contributed by atoms with van der Waals surface area (Å²) in [5.41, 5.74) is 0.0197. The number of likely N-dealkylation sites (N-methyl/N-ethyl adjacent to an activating group) is 1. The molecule has 3 nitrogen and oxygen atoms in total. The molecule has 0 aromatic rings. The van der Waals surface area contributed by atoms with Crippen LogP contribution in [0.4, 0.5) is 0 Å². The fraction of sp³-hybridized carbons (Fsp3) is 1.00. The van der Waals surface area contributed by atoms with Gasteiger partial charge in [-0.1, -0.05) is 19.3 Å². The van der Waals surface area contributed by atoms with Crippen molar-refractivity contribution in [2.45, 2.75) is 56.9 Å². The van der Waals surface area contributed by atoms with Crippen LogP contribution in [0.1, 0.15) is 51.4 Å². The van der Waals surface area contributed by atoms with Gasteiger partial charge in [-0.3, -0.25) is 0 Å². The Hall–Kier alpha value is -0.120. The van der Waals surface area contributed by atoms with Crippen LogP contribution in [0.15, 0.2) is 0 Å². The Kier molecular flexibility index (Phi) is 5.46.